The highest BCUT2D eigenvalue weighted by atomic mass is 16.2. The number of rotatable bonds is 5. The molecule has 0 aliphatic heterocycles. The van der Waals surface area contributed by atoms with Crippen LogP contribution in [-0.4, -0.2) is 11.9 Å². The molecule has 0 spiro atoms. The van der Waals surface area contributed by atoms with E-state index in [9.17, 15) is 4.79 Å². The van der Waals surface area contributed by atoms with Crippen LogP contribution in [0.1, 0.15) is 42.9 Å². The van der Waals surface area contributed by atoms with Gasteiger partial charge in [0.1, 0.15) is 6.04 Å². The van der Waals surface area contributed by atoms with Gasteiger partial charge in [0.15, 0.2) is 0 Å². The number of carbonyl (C=O) groups excluding carboxylic acids is 1. The Balaban J connectivity index is 1.63. The van der Waals surface area contributed by atoms with E-state index < -0.39 is 6.04 Å². The Morgan fingerprint density at radius 3 is 2.16 bits per heavy atom. The van der Waals surface area contributed by atoms with Crippen LogP contribution in [0.4, 0.5) is 0 Å². The van der Waals surface area contributed by atoms with Gasteiger partial charge in [-0.2, -0.15) is 0 Å². The summed E-state index contributed by atoms with van der Waals surface area (Å²) in [5.74, 6) is 1.40. The first-order chi connectivity index (χ1) is 9.15. The molecule has 1 unspecified atom stereocenters. The first-order valence-electron chi connectivity index (χ1n) is 7.27. The zero-order chi connectivity index (χ0) is 13.4. The summed E-state index contributed by atoms with van der Waals surface area (Å²) in [6.45, 7) is 2.03. The number of carbonyl (C=O) groups is 1. The number of nitrogens with two attached hydrogens (primary N) is 1. The molecule has 1 amide bonds. The van der Waals surface area contributed by atoms with Crippen LogP contribution in [0.5, 0.6) is 0 Å². The van der Waals surface area contributed by atoms with Gasteiger partial charge in [-0.05, 0) is 50.0 Å². The zero-order valence-corrected chi connectivity index (χ0v) is 11.4. The van der Waals surface area contributed by atoms with Crippen LogP contribution in [0.3, 0.4) is 0 Å². The molecule has 2 fully saturated rings. The van der Waals surface area contributed by atoms with E-state index in [4.69, 9.17) is 5.73 Å². The van der Waals surface area contributed by atoms with Gasteiger partial charge >= 0.3 is 0 Å². The van der Waals surface area contributed by atoms with Gasteiger partial charge in [0.2, 0.25) is 5.91 Å². The molecule has 3 nitrogen and oxygen atoms in total. The van der Waals surface area contributed by atoms with Crippen molar-refractivity contribution in [2.24, 2.45) is 17.6 Å². The van der Waals surface area contributed by atoms with Gasteiger partial charge in [0, 0.05) is 6.04 Å². The Bertz CT molecular complexity index is 448. The van der Waals surface area contributed by atoms with Crippen molar-refractivity contribution in [1.82, 2.24) is 5.32 Å². The Labute approximate surface area is 114 Å². The highest BCUT2D eigenvalue weighted by molar-refractivity contribution is 5.83. The molecule has 0 saturated heterocycles. The third kappa shape index (κ3) is 2.98. The van der Waals surface area contributed by atoms with Crippen molar-refractivity contribution in [3.63, 3.8) is 0 Å². The van der Waals surface area contributed by atoms with Crippen LogP contribution in [0, 0.1) is 18.8 Å². The summed E-state index contributed by atoms with van der Waals surface area (Å²) in [5, 5.41) is 3.19. The summed E-state index contributed by atoms with van der Waals surface area (Å²) < 4.78 is 0. The minimum absolute atomic E-state index is 0.0207. The Morgan fingerprint density at radius 1 is 1.16 bits per heavy atom. The van der Waals surface area contributed by atoms with E-state index in [0.29, 0.717) is 17.9 Å². The van der Waals surface area contributed by atoms with Crippen molar-refractivity contribution in [3.8, 4) is 0 Å². The summed E-state index contributed by atoms with van der Waals surface area (Å²) >= 11 is 0. The van der Waals surface area contributed by atoms with E-state index in [1.54, 1.807) is 0 Å². The summed E-state index contributed by atoms with van der Waals surface area (Å²) in [4.78, 5) is 12.3. The molecule has 1 aromatic rings. The maximum absolute atomic E-state index is 12.3. The molecule has 2 aliphatic rings. The fourth-order valence-corrected chi connectivity index (χ4v) is 2.71. The van der Waals surface area contributed by atoms with E-state index in [1.807, 2.05) is 31.2 Å². The van der Waals surface area contributed by atoms with Crippen LogP contribution in [0.15, 0.2) is 24.3 Å². The van der Waals surface area contributed by atoms with Crippen molar-refractivity contribution < 1.29 is 4.79 Å². The second-order valence-electron chi connectivity index (χ2n) is 6.10. The molecule has 3 heteroatoms. The van der Waals surface area contributed by atoms with Gasteiger partial charge < -0.3 is 11.1 Å². The average Bonchev–Trinajstić information content (AvgIpc) is 3.29. The molecule has 0 radical (unpaired) electrons. The summed E-state index contributed by atoms with van der Waals surface area (Å²) in [5.41, 5.74) is 8.15. The minimum atomic E-state index is -0.541. The molecule has 3 N–H and O–H groups in total. The fraction of sp³-hybridized carbons (Fsp3) is 0.562. The second-order valence-corrected chi connectivity index (χ2v) is 6.10. The Hall–Kier alpha value is -1.35. The van der Waals surface area contributed by atoms with E-state index in [0.717, 1.165) is 5.56 Å². The van der Waals surface area contributed by atoms with Gasteiger partial charge in [-0.25, -0.2) is 0 Å². The van der Waals surface area contributed by atoms with Crippen molar-refractivity contribution >= 4 is 5.91 Å². The number of benzene rings is 1. The lowest BCUT2D eigenvalue weighted by molar-refractivity contribution is -0.123. The number of hydrogen-bond acceptors (Lipinski definition) is 2. The van der Waals surface area contributed by atoms with Gasteiger partial charge in [-0.15, -0.1) is 0 Å². The van der Waals surface area contributed by atoms with Crippen LogP contribution in [0.25, 0.3) is 0 Å². The lowest BCUT2D eigenvalue weighted by Crippen LogP contribution is -2.43. The summed E-state index contributed by atoms with van der Waals surface area (Å²) in [6, 6.07) is 7.74. The summed E-state index contributed by atoms with van der Waals surface area (Å²) in [6.07, 6.45) is 5.06. The lowest BCUT2D eigenvalue weighted by atomic mass is 10.0. The molecule has 102 valence electrons. The van der Waals surface area contributed by atoms with E-state index in [-0.39, 0.29) is 5.91 Å². The third-order valence-electron chi connectivity index (χ3n) is 4.29. The fourth-order valence-electron chi connectivity index (χ4n) is 2.71. The SMILES string of the molecule is Cc1ccc(C(N)C(=O)NC(C2CC2)C2CC2)cc1. The van der Waals surface area contributed by atoms with Gasteiger partial charge in [0.25, 0.3) is 0 Å². The van der Waals surface area contributed by atoms with Crippen LogP contribution in [0.2, 0.25) is 0 Å². The van der Waals surface area contributed by atoms with Crippen LogP contribution < -0.4 is 11.1 Å². The lowest BCUT2D eigenvalue weighted by Gasteiger charge is -2.20. The first kappa shape index (κ1) is 12.7. The maximum atomic E-state index is 12.3. The number of aryl methyl sites for hydroxylation is 1. The molecule has 0 heterocycles. The quantitative estimate of drug-likeness (QED) is 0.851. The molecular weight excluding hydrogens is 236 g/mol. The van der Waals surface area contributed by atoms with Crippen molar-refractivity contribution in [1.29, 1.82) is 0 Å². The van der Waals surface area contributed by atoms with E-state index in [1.165, 1.54) is 31.2 Å². The van der Waals surface area contributed by atoms with Crippen molar-refractivity contribution in [2.45, 2.75) is 44.7 Å². The number of nitrogens with one attached hydrogen (secondary N) is 1. The smallest absolute Gasteiger partial charge is 0.241 e. The zero-order valence-electron chi connectivity index (χ0n) is 11.4. The molecular formula is C16H22N2O. The van der Waals surface area contributed by atoms with Crippen LogP contribution >= 0.6 is 0 Å². The molecule has 0 aromatic heterocycles. The van der Waals surface area contributed by atoms with E-state index >= 15 is 0 Å². The number of hydrogen-bond donors (Lipinski definition) is 2. The second kappa shape index (κ2) is 4.97. The highest BCUT2D eigenvalue weighted by Gasteiger charge is 2.42. The highest BCUT2D eigenvalue weighted by Crippen LogP contribution is 2.44. The van der Waals surface area contributed by atoms with Crippen molar-refractivity contribution in [3.05, 3.63) is 35.4 Å². The molecule has 2 saturated carbocycles. The molecule has 2 aliphatic carbocycles. The molecule has 0 bridgehead atoms. The molecule has 19 heavy (non-hydrogen) atoms. The largest absolute Gasteiger partial charge is 0.351 e. The topological polar surface area (TPSA) is 55.1 Å². The van der Waals surface area contributed by atoms with Crippen LogP contribution in [-0.2, 0) is 4.79 Å². The summed E-state index contributed by atoms with van der Waals surface area (Å²) in [7, 11) is 0. The maximum Gasteiger partial charge on any atom is 0.241 e. The van der Waals surface area contributed by atoms with E-state index in [2.05, 4.69) is 5.32 Å². The standard InChI is InChI=1S/C16H22N2O/c1-10-2-4-11(5-3-10)14(17)16(19)18-15(12-6-7-12)13-8-9-13/h2-5,12-15H,6-9,17H2,1H3,(H,18,19). The Kier molecular flexibility index (Phi) is 3.31. The van der Waals surface area contributed by atoms with Gasteiger partial charge in [-0.1, -0.05) is 29.8 Å². The minimum Gasteiger partial charge on any atom is -0.351 e. The van der Waals surface area contributed by atoms with Gasteiger partial charge in [0.05, 0.1) is 0 Å². The van der Waals surface area contributed by atoms with Crippen molar-refractivity contribution in [2.75, 3.05) is 0 Å². The predicted octanol–water partition coefficient (Wildman–Crippen LogP) is 2.30. The van der Waals surface area contributed by atoms with Gasteiger partial charge in [-0.3, -0.25) is 4.79 Å². The first-order valence-corrected chi connectivity index (χ1v) is 7.27. The average molecular weight is 258 g/mol. The monoisotopic (exact) mass is 258 g/mol. The third-order valence-corrected chi connectivity index (χ3v) is 4.29. The molecule has 3 rings (SSSR count). The predicted molar refractivity (Wildman–Crippen MR) is 75.5 cm³/mol. The molecule has 1 atom stereocenters. The molecule has 1 aromatic carbocycles. The Morgan fingerprint density at radius 2 is 1.68 bits per heavy atom. The number of amides is 1. The normalized spacial score (nSPS) is 20.4.